The molecule has 4 heterocycles. The van der Waals surface area contributed by atoms with E-state index in [2.05, 4.69) is 41.0 Å². The number of methoxy groups -OCH3 is 1. The molecule has 7 rings (SSSR count). The van der Waals surface area contributed by atoms with Crippen molar-refractivity contribution in [3.05, 3.63) is 71.4 Å². The van der Waals surface area contributed by atoms with E-state index in [0.29, 0.717) is 11.8 Å². The van der Waals surface area contributed by atoms with Gasteiger partial charge in [-0.3, -0.25) is 9.59 Å². The largest absolute Gasteiger partial charge is 0.453 e. The van der Waals surface area contributed by atoms with Crippen LogP contribution in [-0.2, 0) is 14.3 Å². The van der Waals surface area contributed by atoms with Crippen LogP contribution in [0.1, 0.15) is 102 Å². The minimum Gasteiger partial charge on any atom is -0.453 e. The Morgan fingerprint density at radius 1 is 0.904 bits per heavy atom. The number of nitrogens with one attached hydrogen (secondary N) is 3. The van der Waals surface area contributed by atoms with Crippen molar-refractivity contribution in [1.82, 2.24) is 35.1 Å². The lowest BCUT2D eigenvalue weighted by atomic mass is 9.95. The predicted molar refractivity (Wildman–Crippen MR) is 199 cm³/mol. The number of carbonyl (C=O) groups is 3. The number of likely N-dealkylation sites (tertiary alicyclic amines) is 2. The number of hydrogen-bond donors (Lipinski definition) is 3. The van der Waals surface area contributed by atoms with Crippen molar-refractivity contribution in [3.63, 3.8) is 0 Å². The number of aromatic amines is 2. The van der Waals surface area contributed by atoms with Crippen molar-refractivity contribution in [2.75, 3.05) is 13.7 Å². The lowest BCUT2D eigenvalue weighted by Crippen LogP contribution is -2.54. The van der Waals surface area contributed by atoms with E-state index in [1.807, 2.05) is 79.2 Å². The number of rotatable bonds is 8. The van der Waals surface area contributed by atoms with Gasteiger partial charge in [-0.1, -0.05) is 58.6 Å². The van der Waals surface area contributed by atoms with Crippen molar-refractivity contribution in [3.8, 4) is 23.1 Å². The number of ether oxygens (including phenoxy) is 1. The predicted octanol–water partition coefficient (Wildman–Crippen LogP) is 6.74. The summed E-state index contributed by atoms with van der Waals surface area (Å²) in [6.45, 7) is 10.8. The zero-order valence-corrected chi connectivity index (χ0v) is 30.9. The standard InChI is InChI=1S/C41H49N7O4/c1-23(2)25(5)39(49)47-19-7-8-34(47)37-42-22-33(45-37)28-14-11-26(12-15-28)9-10-27-13-18-31-32(20-27)44-38(43-31)36-29-16-17-30(21-29)48(36)40(50)35(24(3)4)46-41(51)52-6/h11-15,18,20,22-25,29-30,34-36H,7-8,16-17,19,21H2,1-6H3,(H,42,45)(H,43,44)(H,46,51)/t25-,29-,30+,34-,35-,36-/m0/s1. The van der Waals surface area contributed by atoms with Crippen molar-refractivity contribution < 1.29 is 19.1 Å². The van der Waals surface area contributed by atoms with Crippen molar-refractivity contribution in [2.24, 2.45) is 23.7 Å². The third-order valence-electron chi connectivity index (χ3n) is 11.4. The van der Waals surface area contributed by atoms with E-state index in [9.17, 15) is 14.4 Å². The van der Waals surface area contributed by atoms with Crippen LogP contribution in [0.15, 0.2) is 48.7 Å². The first kappa shape index (κ1) is 35.3. The fourth-order valence-corrected chi connectivity index (χ4v) is 8.15. The molecule has 52 heavy (non-hydrogen) atoms. The molecule has 0 radical (unpaired) electrons. The number of H-pyrrole nitrogens is 2. The van der Waals surface area contributed by atoms with Gasteiger partial charge in [-0.25, -0.2) is 14.8 Å². The first-order chi connectivity index (χ1) is 25.0. The maximum Gasteiger partial charge on any atom is 0.407 e. The normalized spacial score (nSPS) is 22.2. The van der Waals surface area contributed by atoms with Crippen LogP contribution in [0.25, 0.3) is 22.3 Å². The molecule has 1 aliphatic carbocycles. The Kier molecular flexibility index (Phi) is 9.84. The number of aromatic nitrogens is 4. The highest BCUT2D eigenvalue weighted by Crippen LogP contribution is 2.50. The monoisotopic (exact) mass is 703 g/mol. The van der Waals surface area contributed by atoms with Gasteiger partial charge in [0.2, 0.25) is 11.8 Å². The molecule has 3 fully saturated rings. The van der Waals surface area contributed by atoms with Gasteiger partial charge < -0.3 is 29.8 Å². The molecule has 3 N–H and O–H groups in total. The zero-order valence-electron chi connectivity index (χ0n) is 30.9. The third kappa shape index (κ3) is 6.79. The Bertz CT molecular complexity index is 2020. The van der Waals surface area contributed by atoms with Crippen LogP contribution < -0.4 is 5.32 Å². The quantitative estimate of drug-likeness (QED) is 0.174. The molecule has 3 amide bonds. The van der Waals surface area contributed by atoms with E-state index in [4.69, 9.17) is 14.7 Å². The second kappa shape index (κ2) is 14.5. The van der Waals surface area contributed by atoms with Gasteiger partial charge in [-0.2, -0.15) is 0 Å². The van der Waals surface area contributed by atoms with Crippen molar-refractivity contribution in [2.45, 2.75) is 90.9 Å². The summed E-state index contributed by atoms with van der Waals surface area (Å²) in [5, 5.41) is 2.75. The molecule has 0 spiro atoms. The Morgan fingerprint density at radius 2 is 1.65 bits per heavy atom. The molecule has 1 saturated carbocycles. The van der Waals surface area contributed by atoms with Crippen LogP contribution in [0.5, 0.6) is 0 Å². The van der Waals surface area contributed by atoms with Crippen LogP contribution in [0.3, 0.4) is 0 Å². The summed E-state index contributed by atoms with van der Waals surface area (Å²) in [7, 11) is 1.31. The highest BCUT2D eigenvalue weighted by Gasteiger charge is 2.51. The summed E-state index contributed by atoms with van der Waals surface area (Å²) >= 11 is 0. The molecule has 2 saturated heterocycles. The van der Waals surface area contributed by atoms with Crippen LogP contribution in [0.4, 0.5) is 4.79 Å². The number of nitrogens with zero attached hydrogens (tertiary/aromatic N) is 4. The third-order valence-corrected chi connectivity index (χ3v) is 11.4. The summed E-state index contributed by atoms with van der Waals surface area (Å²) in [6, 6.07) is 13.3. The van der Waals surface area contributed by atoms with E-state index in [1.54, 1.807) is 0 Å². The zero-order chi connectivity index (χ0) is 36.7. The first-order valence-electron chi connectivity index (χ1n) is 18.7. The van der Waals surface area contributed by atoms with Crippen LogP contribution in [0.2, 0.25) is 0 Å². The molecule has 2 bridgehead atoms. The molecule has 2 aromatic heterocycles. The van der Waals surface area contributed by atoms with E-state index >= 15 is 0 Å². The molecule has 272 valence electrons. The summed E-state index contributed by atoms with van der Waals surface area (Å²) in [5.41, 5.74) is 5.26. The van der Waals surface area contributed by atoms with Gasteiger partial charge in [-0.05, 0) is 80.2 Å². The summed E-state index contributed by atoms with van der Waals surface area (Å²) < 4.78 is 4.81. The van der Waals surface area contributed by atoms with Crippen LogP contribution in [-0.4, -0.2) is 73.4 Å². The van der Waals surface area contributed by atoms with E-state index in [0.717, 1.165) is 83.7 Å². The van der Waals surface area contributed by atoms with Gasteiger partial charge in [0.05, 0.1) is 35.9 Å². The number of fused-ring (bicyclic) bond motifs is 3. The topological polar surface area (TPSA) is 136 Å². The van der Waals surface area contributed by atoms with Gasteiger partial charge in [0.25, 0.3) is 0 Å². The van der Waals surface area contributed by atoms with Gasteiger partial charge in [-0.15, -0.1) is 0 Å². The number of amides is 3. The molecule has 11 heteroatoms. The first-order valence-corrected chi connectivity index (χ1v) is 18.7. The average Bonchev–Trinajstić information content (AvgIpc) is 3.99. The minimum absolute atomic E-state index is 0.0144. The highest BCUT2D eigenvalue weighted by molar-refractivity contribution is 5.87. The lowest BCUT2D eigenvalue weighted by Gasteiger charge is -2.37. The van der Waals surface area contributed by atoms with E-state index in [-0.39, 0.29) is 41.8 Å². The number of benzene rings is 2. The Labute approximate surface area is 305 Å². The van der Waals surface area contributed by atoms with Crippen LogP contribution in [0, 0.1) is 35.5 Å². The Morgan fingerprint density at radius 3 is 2.38 bits per heavy atom. The molecule has 6 atom stereocenters. The maximum absolute atomic E-state index is 13.9. The Balaban J connectivity index is 1.05. The number of imidazole rings is 2. The number of carbonyl (C=O) groups excluding carboxylic acids is 3. The second-order valence-electron chi connectivity index (χ2n) is 15.3. The van der Waals surface area contributed by atoms with E-state index in [1.165, 1.54) is 7.11 Å². The van der Waals surface area contributed by atoms with Crippen molar-refractivity contribution in [1.29, 1.82) is 0 Å². The molecular weight excluding hydrogens is 654 g/mol. The number of piperidine rings is 1. The summed E-state index contributed by atoms with van der Waals surface area (Å²) in [6.07, 6.45) is 6.15. The minimum atomic E-state index is -0.676. The Hall–Kier alpha value is -5.11. The molecule has 4 aromatic rings. The smallest absolute Gasteiger partial charge is 0.407 e. The molecule has 0 unspecified atom stereocenters. The summed E-state index contributed by atoms with van der Waals surface area (Å²) in [5.74, 6) is 8.81. The SMILES string of the molecule is COC(=O)N[C@H](C(=O)N1[C@@H]2CC[C@@H](C2)[C@H]1c1nc2cc(C#Cc3ccc(-c4c[nH]c([C@@H]5CCCN5C(=O)[C@@H](C)C(C)C)n4)cc3)ccc2[nH]1)C(C)C. The molecule has 3 aliphatic rings. The van der Waals surface area contributed by atoms with E-state index < -0.39 is 12.1 Å². The lowest BCUT2D eigenvalue weighted by molar-refractivity contribution is -0.139. The molecule has 11 nitrogen and oxygen atoms in total. The average molecular weight is 704 g/mol. The number of hydrogen-bond acceptors (Lipinski definition) is 6. The molecule has 2 aromatic carbocycles. The summed E-state index contributed by atoms with van der Waals surface area (Å²) in [4.78, 5) is 59.8. The van der Waals surface area contributed by atoms with Gasteiger partial charge >= 0.3 is 6.09 Å². The van der Waals surface area contributed by atoms with Crippen molar-refractivity contribution >= 4 is 28.9 Å². The second-order valence-corrected chi connectivity index (χ2v) is 15.3. The fraction of sp³-hybridized carbons (Fsp3) is 0.488. The van der Waals surface area contributed by atoms with Crippen LogP contribution >= 0.6 is 0 Å². The maximum atomic E-state index is 13.9. The van der Waals surface area contributed by atoms with Gasteiger partial charge in [0.15, 0.2) is 0 Å². The highest BCUT2D eigenvalue weighted by atomic mass is 16.5. The van der Waals surface area contributed by atoms with Gasteiger partial charge in [0, 0.05) is 41.4 Å². The fourth-order valence-electron chi connectivity index (χ4n) is 8.15. The molecular formula is C41H49N7O4. The molecule has 2 aliphatic heterocycles. The van der Waals surface area contributed by atoms with Gasteiger partial charge in [0.1, 0.15) is 17.7 Å². The number of alkyl carbamates (subject to hydrolysis) is 1.